The van der Waals surface area contributed by atoms with Crippen LogP contribution in [-0.4, -0.2) is 67.0 Å². The highest BCUT2D eigenvalue weighted by Gasteiger charge is 2.32. The lowest BCUT2D eigenvalue weighted by Crippen LogP contribution is -2.30. The van der Waals surface area contributed by atoms with Crippen LogP contribution >= 0.6 is 23.5 Å². The van der Waals surface area contributed by atoms with Crippen molar-refractivity contribution in [1.29, 1.82) is 0 Å². The molecule has 60 heavy (non-hydrogen) atoms. The summed E-state index contributed by atoms with van der Waals surface area (Å²) in [5, 5.41) is 6.40. The summed E-state index contributed by atoms with van der Waals surface area (Å²) < 4.78 is 34.5. The van der Waals surface area contributed by atoms with Gasteiger partial charge in [-0.05, 0) is 121 Å². The van der Waals surface area contributed by atoms with Crippen LogP contribution in [-0.2, 0) is 22.4 Å². The smallest absolute Gasteiger partial charge is 0.220 e. The molecular weight excluding hydrogens is 805 g/mol. The number of thioether (sulfide) groups is 2. The highest BCUT2D eigenvalue weighted by Crippen LogP contribution is 2.52. The van der Waals surface area contributed by atoms with Gasteiger partial charge in [0, 0.05) is 24.0 Å². The number of methoxy groups -OCH3 is 6. The number of hydrogen-bond acceptors (Lipinski definition) is 12. The monoisotopic (exact) mass is 856 g/mol. The molecule has 2 aliphatic rings. The second-order valence-electron chi connectivity index (χ2n) is 14.4. The predicted octanol–water partition coefficient (Wildman–Crippen LogP) is 7.70. The first kappa shape index (κ1) is 44.2. The molecule has 0 spiro atoms. The van der Waals surface area contributed by atoms with E-state index in [1.54, 1.807) is 66.9 Å². The van der Waals surface area contributed by atoms with E-state index in [-0.39, 0.29) is 35.5 Å². The summed E-state index contributed by atoms with van der Waals surface area (Å²) in [5.74, 6) is 2.56. The van der Waals surface area contributed by atoms with Gasteiger partial charge in [0.05, 0.1) is 64.5 Å². The molecule has 0 heterocycles. The number of carbonyl (C=O) groups excluding carboxylic acids is 2. The normalized spacial score (nSPS) is 15.1. The van der Waals surface area contributed by atoms with E-state index in [0.717, 1.165) is 33.4 Å². The Morgan fingerprint density at radius 3 is 1.28 bits per heavy atom. The van der Waals surface area contributed by atoms with Crippen LogP contribution in [0.2, 0.25) is 0 Å². The molecule has 2 amide bonds. The van der Waals surface area contributed by atoms with Gasteiger partial charge < -0.3 is 39.1 Å². The van der Waals surface area contributed by atoms with Crippen molar-refractivity contribution >= 4 is 35.3 Å². The molecule has 0 fully saturated rings. The summed E-state index contributed by atoms with van der Waals surface area (Å²) in [5.41, 5.74) is 6.11. The topological polar surface area (TPSA) is 148 Å². The van der Waals surface area contributed by atoms with E-state index in [1.165, 1.54) is 23.5 Å². The SMILES string of the molecule is COc1cc2c(c(OC)c1OC)-c1ccc(SC)c(=O)cc1[C@@H](NC(=O)CCCCC(=O)N[C@H]1CCc3cc(OC)c(OC)c(OC)c3-c3ccc(SC)c(=O)cc31)CC2. The van der Waals surface area contributed by atoms with Crippen LogP contribution in [0.15, 0.2) is 67.9 Å². The zero-order valence-corrected chi connectivity index (χ0v) is 37.0. The number of aryl methyl sites for hydroxylation is 2. The predicted molar refractivity (Wildman–Crippen MR) is 236 cm³/mol. The minimum absolute atomic E-state index is 0.138. The van der Waals surface area contributed by atoms with E-state index in [9.17, 15) is 19.2 Å². The second-order valence-corrected chi connectivity index (χ2v) is 16.1. The van der Waals surface area contributed by atoms with Gasteiger partial charge in [-0.2, -0.15) is 0 Å². The van der Waals surface area contributed by atoms with Crippen LogP contribution in [0.25, 0.3) is 22.3 Å². The first-order valence-electron chi connectivity index (χ1n) is 19.7. The average molecular weight is 857 g/mol. The van der Waals surface area contributed by atoms with Gasteiger partial charge in [-0.15, -0.1) is 23.5 Å². The number of fused-ring (bicyclic) bond motifs is 6. The molecule has 0 unspecified atom stereocenters. The maximum atomic E-state index is 13.6. The number of rotatable bonds is 15. The van der Waals surface area contributed by atoms with E-state index >= 15 is 0 Å². The van der Waals surface area contributed by atoms with Crippen molar-refractivity contribution in [2.24, 2.45) is 0 Å². The standard InChI is InChI=1S/C46H52N2O10S2/c1-53-35-21-25-13-17-31(29-23-33(49)37(59-7)19-15-27(29)41(25)45(57-5)43(35)55-3)47-39(51)11-9-10-12-40(52)48-32-18-14-26-22-36(54-2)44(56-4)46(58-6)42(26)28-16-20-38(60-8)34(50)24-30(28)32/h15-16,19-24,31-32H,9-14,17-18H2,1-8H3,(H,47,51)(H,48,52)/t31-,32-/m0/s1. The molecule has 0 saturated heterocycles. The number of ether oxygens (including phenoxy) is 6. The molecule has 0 bridgehead atoms. The van der Waals surface area contributed by atoms with Crippen LogP contribution in [0.3, 0.4) is 0 Å². The molecule has 0 saturated carbocycles. The van der Waals surface area contributed by atoms with Crippen molar-refractivity contribution < 1.29 is 38.0 Å². The zero-order valence-electron chi connectivity index (χ0n) is 35.3. The number of benzene rings is 2. The molecule has 2 atom stereocenters. The van der Waals surface area contributed by atoms with Gasteiger partial charge in [-0.1, -0.05) is 12.1 Å². The van der Waals surface area contributed by atoms with Crippen molar-refractivity contribution in [1.82, 2.24) is 10.6 Å². The summed E-state index contributed by atoms with van der Waals surface area (Å²) in [6, 6.07) is 13.6. The fourth-order valence-corrected chi connectivity index (χ4v) is 9.27. The fraction of sp³-hybridized carbons (Fsp3) is 0.391. The summed E-state index contributed by atoms with van der Waals surface area (Å²) >= 11 is 2.73. The molecule has 4 aromatic rings. The fourth-order valence-electron chi connectivity index (χ4n) is 8.34. The van der Waals surface area contributed by atoms with Crippen LogP contribution in [0.4, 0.5) is 0 Å². The van der Waals surface area contributed by atoms with Crippen molar-refractivity contribution in [3.63, 3.8) is 0 Å². The van der Waals surface area contributed by atoms with E-state index in [0.29, 0.717) is 93.9 Å². The summed E-state index contributed by atoms with van der Waals surface area (Å²) in [4.78, 5) is 55.1. The lowest BCUT2D eigenvalue weighted by molar-refractivity contribution is -0.123. The van der Waals surface area contributed by atoms with Gasteiger partial charge in [0.25, 0.3) is 0 Å². The number of unbranched alkanes of at least 4 members (excludes halogenated alkanes) is 1. The Bertz CT molecular complexity index is 2240. The molecule has 2 aliphatic carbocycles. The van der Waals surface area contributed by atoms with Gasteiger partial charge in [0.15, 0.2) is 33.9 Å². The van der Waals surface area contributed by atoms with Gasteiger partial charge >= 0.3 is 0 Å². The van der Waals surface area contributed by atoms with Crippen molar-refractivity contribution in [2.75, 3.05) is 55.2 Å². The molecule has 6 rings (SSSR count). The minimum Gasteiger partial charge on any atom is -0.493 e. The van der Waals surface area contributed by atoms with Crippen LogP contribution < -0.4 is 49.9 Å². The highest BCUT2D eigenvalue weighted by atomic mass is 32.2. The maximum absolute atomic E-state index is 13.6. The number of nitrogens with one attached hydrogen (secondary N) is 2. The lowest BCUT2D eigenvalue weighted by Gasteiger charge is -2.20. The third-order valence-corrected chi connectivity index (χ3v) is 12.7. The summed E-state index contributed by atoms with van der Waals surface area (Å²) in [6.45, 7) is 0. The Labute approximate surface area is 359 Å². The Morgan fingerprint density at radius 1 is 0.567 bits per heavy atom. The maximum Gasteiger partial charge on any atom is 0.220 e. The number of hydrogen-bond donors (Lipinski definition) is 2. The lowest BCUT2D eigenvalue weighted by atomic mass is 9.95. The van der Waals surface area contributed by atoms with Gasteiger partial charge in [0.1, 0.15) is 0 Å². The van der Waals surface area contributed by atoms with E-state index in [4.69, 9.17) is 28.4 Å². The van der Waals surface area contributed by atoms with Crippen LogP contribution in [0.5, 0.6) is 34.5 Å². The molecule has 318 valence electrons. The van der Waals surface area contributed by atoms with Crippen molar-refractivity contribution in [3.05, 3.63) is 91.2 Å². The molecule has 0 aromatic heterocycles. The highest BCUT2D eigenvalue weighted by molar-refractivity contribution is 7.98. The van der Waals surface area contributed by atoms with Crippen molar-refractivity contribution in [3.8, 4) is 56.8 Å². The second kappa shape index (κ2) is 19.8. The Hall–Kier alpha value is -5.34. The molecule has 12 nitrogen and oxygen atoms in total. The Balaban J connectivity index is 1.18. The number of carbonyl (C=O) groups is 2. The Morgan fingerprint density at radius 2 is 0.950 bits per heavy atom. The molecule has 2 N–H and O–H groups in total. The average Bonchev–Trinajstić information content (AvgIpc) is 3.65. The summed E-state index contributed by atoms with van der Waals surface area (Å²) in [6.07, 6.45) is 7.24. The number of amides is 2. The third-order valence-electron chi connectivity index (χ3n) is 11.2. The van der Waals surface area contributed by atoms with Crippen LogP contribution in [0.1, 0.15) is 72.9 Å². The first-order chi connectivity index (χ1) is 29.0. The van der Waals surface area contributed by atoms with Crippen LogP contribution in [0, 0.1) is 0 Å². The quantitative estimate of drug-likeness (QED) is 0.0892. The molecule has 0 aliphatic heterocycles. The molecule has 4 aromatic carbocycles. The van der Waals surface area contributed by atoms with E-state index in [2.05, 4.69) is 10.6 Å². The minimum atomic E-state index is -0.462. The summed E-state index contributed by atoms with van der Waals surface area (Å²) in [7, 11) is 9.39. The largest absolute Gasteiger partial charge is 0.493 e. The third kappa shape index (κ3) is 8.90. The van der Waals surface area contributed by atoms with E-state index < -0.39 is 12.1 Å². The van der Waals surface area contributed by atoms with Gasteiger partial charge in [-0.25, -0.2) is 0 Å². The van der Waals surface area contributed by atoms with Gasteiger partial charge in [-0.3, -0.25) is 19.2 Å². The van der Waals surface area contributed by atoms with E-state index in [1.807, 2.05) is 36.8 Å². The van der Waals surface area contributed by atoms with Gasteiger partial charge in [0.2, 0.25) is 23.3 Å². The zero-order chi connectivity index (χ0) is 43.1. The van der Waals surface area contributed by atoms with Crippen molar-refractivity contribution in [2.45, 2.75) is 73.2 Å². The molecule has 14 heteroatoms. The first-order valence-corrected chi connectivity index (χ1v) is 22.2. The molecular formula is C46H52N2O10S2. The molecule has 0 radical (unpaired) electrons. The Kier molecular flexibility index (Phi) is 14.6.